The Hall–Kier alpha value is -1.87. The maximum absolute atomic E-state index is 13.5. The number of carbonyl (C=O) groups is 1. The summed E-state index contributed by atoms with van der Waals surface area (Å²) in [5.74, 6) is -18.9. The van der Waals surface area contributed by atoms with Crippen LogP contribution in [0, 0.1) is 5.92 Å². The highest BCUT2D eigenvalue weighted by Gasteiger charge is 2.75. The van der Waals surface area contributed by atoms with Crippen molar-refractivity contribution in [3.8, 4) is 0 Å². The second-order valence-corrected chi connectivity index (χ2v) is 7.53. The van der Waals surface area contributed by atoms with E-state index in [0.717, 1.165) is 37.7 Å². The molecule has 1 aromatic rings. The lowest BCUT2D eigenvalue weighted by Crippen LogP contribution is -2.59. The number of rotatable bonds is 8. The molecular weight excluding hydrogens is 424 g/mol. The van der Waals surface area contributed by atoms with Gasteiger partial charge in [0.05, 0.1) is 5.56 Å². The molecule has 0 N–H and O–H groups in total. The van der Waals surface area contributed by atoms with Gasteiger partial charge in [0.2, 0.25) is 0 Å². The number of carbonyl (C=O) groups excluding carboxylic acids is 1. The van der Waals surface area contributed by atoms with Gasteiger partial charge in [0.15, 0.2) is 6.61 Å². The topological polar surface area (TPSA) is 26.3 Å². The molecule has 0 bridgehead atoms. The Morgan fingerprint density at radius 3 is 2.00 bits per heavy atom. The van der Waals surface area contributed by atoms with Crippen LogP contribution < -0.4 is 0 Å². The molecule has 0 aromatic heterocycles. The van der Waals surface area contributed by atoms with Gasteiger partial charge in [-0.15, -0.1) is 0 Å². The van der Waals surface area contributed by atoms with E-state index in [4.69, 9.17) is 0 Å². The third-order valence-corrected chi connectivity index (χ3v) is 5.58. The van der Waals surface area contributed by atoms with Gasteiger partial charge in [0, 0.05) is 0 Å². The molecule has 30 heavy (non-hydrogen) atoms. The average Bonchev–Trinajstić information content (AvgIpc) is 2.71. The number of esters is 1. The summed E-state index contributed by atoms with van der Waals surface area (Å²) in [6.45, 7) is -0.344. The fraction of sp³-hybridized carbons (Fsp3) is 0.650. The predicted octanol–water partition coefficient (Wildman–Crippen LogP) is 6.70. The predicted molar refractivity (Wildman–Crippen MR) is 92.6 cm³/mol. The molecule has 1 fully saturated rings. The summed E-state index contributed by atoms with van der Waals surface area (Å²) in [7, 11) is 0. The highest BCUT2D eigenvalue weighted by atomic mass is 19.4. The van der Waals surface area contributed by atoms with E-state index in [0.29, 0.717) is 5.92 Å². The molecule has 0 aliphatic heterocycles. The fourth-order valence-corrected chi connectivity index (χ4v) is 3.51. The average molecular weight is 446 g/mol. The molecule has 2 rings (SSSR count). The van der Waals surface area contributed by atoms with Gasteiger partial charge in [0.1, 0.15) is 0 Å². The Morgan fingerprint density at radius 2 is 1.53 bits per heavy atom. The van der Waals surface area contributed by atoms with Crippen LogP contribution in [0.25, 0.3) is 0 Å². The molecule has 0 radical (unpaired) electrons. The van der Waals surface area contributed by atoms with E-state index < -0.39 is 36.8 Å². The van der Waals surface area contributed by atoms with Crippen LogP contribution in [-0.2, 0) is 4.74 Å². The van der Waals surface area contributed by atoms with Crippen molar-refractivity contribution >= 4 is 5.97 Å². The van der Waals surface area contributed by atoms with Crippen LogP contribution in [0.3, 0.4) is 0 Å². The number of ether oxygens (including phenoxy) is 1. The SMILES string of the molecule is CCC1CCC(c2ccc(C(=O)OCC(F)(F)C(F)(F)C(F)(F)C(F)F)cc2)CC1. The number of hydrogen-bond donors (Lipinski definition) is 0. The van der Waals surface area contributed by atoms with Crippen LogP contribution in [0.5, 0.6) is 0 Å². The summed E-state index contributed by atoms with van der Waals surface area (Å²) >= 11 is 0. The Bertz CT molecular complexity index is 710. The van der Waals surface area contributed by atoms with Crippen molar-refractivity contribution in [1.82, 2.24) is 0 Å². The van der Waals surface area contributed by atoms with Gasteiger partial charge in [-0.25, -0.2) is 13.6 Å². The van der Waals surface area contributed by atoms with Crippen molar-refractivity contribution in [1.29, 1.82) is 0 Å². The van der Waals surface area contributed by atoms with Crippen molar-refractivity contribution in [2.45, 2.75) is 69.1 Å². The minimum atomic E-state index is -6.41. The fourth-order valence-electron chi connectivity index (χ4n) is 3.51. The molecule has 0 atom stereocenters. The van der Waals surface area contributed by atoms with Crippen LogP contribution in [0.15, 0.2) is 24.3 Å². The lowest BCUT2D eigenvalue weighted by Gasteiger charge is -2.31. The maximum Gasteiger partial charge on any atom is 0.381 e. The van der Waals surface area contributed by atoms with Crippen molar-refractivity contribution in [2.24, 2.45) is 5.92 Å². The molecule has 2 nitrogen and oxygen atoms in total. The summed E-state index contributed by atoms with van der Waals surface area (Å²) in [4.78, 5) is 11.8. The second kappa shape index (κ2) is 9.09. The monoisotopic (exact) mass is 446 g/mol. The van der Waals surface area contributed by atoms with Crippen molar-refractivity contribution in [2.75, 3.05) is 6.61 Å². The minimum absolute atomic E-state index is 0.249. The third kappa shape index (κ3) is 4.88. The van der Waals surface area contributed by atoms with Crippen molar-refractivity contribution < 1.29 is 44.7 Å². The maximum atomic E-state index is 13.5. The van der Waals surface area contributed by atoms with Gasteiger partial charge in [-0.05, 0) is 55.2 Å². The van der Waals surface area contributed by atoms with E-state index in [2.05, 4.69) is 11.7 Å². The van der Waals surface area contributed by atoms with Gasteiger partial charge >= 0.3 is 30.2 Å². The molecule has 0 heterocycles. The molecule has 170 valence electrons. The van der Waals surface area contributed by atoms with E-state index in [1.807, 2.05) is 0 Å². The van der Waals surface area contributed by atoms with Gasteiger partial charge in [-0.1, -0.05) is 25.5 Å². The largest absolute Gasteiger partial charge is 0.455 e. The number of halogens is 8. The molecule has 0 saturated heterocycles. The van der Waals surface area contributed by atoms with Gasteiger partial charge in [0.25, 0.3) is 0 Å². The Balaban J connectivity index is 1.99. The van der Waals surface area contributed by atoms with Gasteiger partial charge in [-0.2, -0.15) is 26.3 Å². The normalized spacial score (nSPS) is 21.0. The second-order valence-electron chi connectivity index (χ2n) is 7.53. The number of hydrogen-bond acceptors (Lipinski definition) is 2. The zero-order valence-corrected chi connectivity index (χ0v) is 16.1. The smallest absolute Gasteiger partial charge is 0.381 e. The van der Waals surface area contributed by atoms with E-state index in [1.54, 1.807) is 12.1 Å². The first kappa shape index (κ1) is 24.4. The van der Waals surface area contributed by atoms with Crippen LogP contribution in [0.4, 0.5) is 35.1 Å². The zero-order valence-electron chi connectivity index (χ0n) is 16.1. The van der Waals surface area contributed by atoms with Crippen molar-refractivity contribution in [3.05, 3.63) is 35.4 Å². The molecular formula is C20H22F8O2. The first-order chi connectivity index (χ1) is 13.8. The van der Waals surface area contributed by atoms with E-state index in [9.17, 15) is 39.9 Å². The summed E-state index contributed by atoms with van der Waals surface area (Å²) in [6.07, 6.45) is 0.137. The summed E-state index contributed by atoms with van der Waals surface area (Å²) < 4.78 is 107. The lowest BCUT2D eigenvalue weighted by atomic mass is 9.78. The van der Waals surface area contributed by atoms with Crippen LogP contribution >= 0.6 is 0 Å². The molecule has 10 heteroatoms. The Kier molecular flexibility index (Phi) is 7.40. The Labute approximate surface area is 168 Å². The molecule has 0 spiro atoms. The number of alkyl halides is 8. The standard InChI is InChI=1S/C20H22F8O2/c1-2-12-3-5-13(6-4-12)14-7-9-15(10-8-14)16(29)30-11-18(23,24)20(27,28)19(25,26)17(21)22/h7-10,12-13,17H,2-6,11H2,1H3. The molecule has 1 aliphatic carbocycles. The lowest BCUT2D eigenvalue weighted by molar-refractivity contribution is -0.343. The summed E-state index contributed by atoms with van der Waals surface area (Å²) in [5.41, 5.74) is 0.676. The summed E-state index contributed by atoms with van der Waals surface area (Å²) in [6, 6.07) is 5.69. The zero-order chi connectivity index (χ0) is 22.7. The van der Waals surface area contributed by atoms with E-state index in [1.165, 1.54) is 12.1 Å². The molecule has 1 aromatic carbocycles. The quantitative estimate of drug-likeness (QED) is 0.328. The first-order valence-electron chi connectivity index (χ1n) is 9.52. The highest BCUT2D eigenvalue weighted by molar-refractivity contribution is 5.89. The Morgan fingerprint density at radius 1 is 1.00 bits per heavy atom. The van der Waals surface area contributed by atoms with Gasteiger partial charge in [-0.3, -0.25) is 0 Å². The third-order valence-electron chi connectivity index (χ3n) is 5.58. The molecule has 0 unspecified atom stereocenters. The van der Waals surface area contributed by atoms with Crippen molar-refractivity contribution in [3.63, 3.8) is 0 Å². The minimum Gasteiger partial charge on any atom is -0.455 e. The molecule has 0 amide bonds. The van der Waals surface area contributed by atoms with E-state index >= 15 is 0 Å². The molecule has 1 saturated carbocycles. The first-order valence-corrected chi connectivity index (χ1v) is 9.52. The summed E-state index contributed by atoms with van der Waals surface area (Å²) in [5, 5.41) is 0. The van der Waals surface area contributed by atoms with Crippen LogP contribution in [0.1, 0.15) is 60.9 Å². The van der Waals surface area contributed by atoms with E-state index in [-0.39, 0.29) is 11.5 Å². The van der Waals surface area contributed by atoms with Crippen LogP contribution in [0.2, 0.25) is 0 Å². The highest BCUT2D eigenvalue weighted by Crippen LogP contribution is 2.48. The number of benzene rings is 1. The van der Waals surface area contributed by atoms with Crippen LogP contribution in [-0.4, -0.2) is 36.8 Å². The molecule has 1 aliphatic rings. The van der Waals surface area contributed by atoms with Gasteiger partial charge < -0.3 is 4.74 Å².